The lowest BCUT2D eigenvalue weighted by molar-refractivity contribution is -0.118. The molecule has 1 aromatic heterocycles. The van der Waals surface area contributed by atoms with Gasteiger partial charge in [-0.2, -0.15) is 0 Å². The van der Waals surface area contributed by atoms with Crippen molar-refractivity contribution in [2.75, 3.05) is 12.3 Å². The number of aromatic nitrogens is 3. The molecule has 0 bridgehead atoms. The first-order chi connectivity index (χ1) is 9.26. The lowest BCUT2D eigenvalue weighted by Gasteiger charge is -2.06. The van der Waals surface area contributed by atoms with Crippen molar-refractivity contribution >= 4 is 17.7 Å². The van der Waals surface area contributed by atoms with Gasteiger partial charge < -0.3 is 9.88 Å². The van der Waals surface area contributed by atoms with Crippen LogP contribution in [0.3, 0.4) is 0 Å². The molecule has 2 rings (SSSR count). The van der Waals surface area contributed by atoms with Gasteiger partial charge in [0.05, 0.1) is 12.3 Å². The van der Waals surface area contributed by atoms with E-state index in [1.165, 1.54) is 24.6 Å². The molecule has 0 spiro atoms. The topological polar surface area (TPSA) is 59.8 Å². The van der Waals surface area contributed by atoms with Crippen LogP contribution in [0.1, 0.15) is 24.6 Å². The average molecular weight is 276 g/mol. The van der Waals surface area contributed by atoms with E-state index in [0.717, 1.165) is 11.0 Å². The lowest BCUT2D eigenvalue weighted by atomic mass is 10.4. The highest BCUT2D eigenvalue weighted by Crippen LogP contribution is 2.39. The maximum atomic E-state index is 11.5. The second kappa shape index (κ2) is 6.43. The molecule has 0 saturated heterocycles. The summed E-state index contributed by atoms with van der Waals surface area (Å²) in [6.45, 7) is 4.68. The van der Waals surface area contributed by atoms with Crippen molar-refractivity contribution in [3.05, 3.63) is 18.5 Å². The molecule has 5 nitrogen and oxygen atoms in total. The summed E-state index contributed by atoms with van der Waals surface area (Å²) >= 11 is 1.37. The number of allylic oxidation sites excluding steroid dienone is 1. The number of carbonyl (C=O) groups is 1. The molecular weight excluding hydrogens is 260 g/mol. The van der Waals surface area contributed by atoms with Gasteiger partial charge in [0, 0.05) is 12.5 Å². The quantitative estimate of drug-likeness (QED) is 0.461. The predicted molar refractivity (Wildman–Crippen MR) is 74.8 cm³/mol. The number of terminal acetylenes is 1. The van der Waals surface area contributed by atoms with Crippen LogP contribution in [0.4, 0.5) is 0 Å². The van der Waals surface area contributed by atoms with E-state index in [1.807, 2.05) is 10.6 Å². The maximum Gasteiger partial charge on any atom is 0.231 e. The van der Waals surface area contributed by atoms with E-state index in [1.54, 1.807) is 0 Å². The van der Waals surface area contributed by atoms with E-state index in [4.69, 9.17) is 6.42 Å². The maximum absolute atomic E-state index is 11.5. The van der Waals surface area contributed by atoms with E-state index >= 15 is 0 Å². The summed E-state index contributed by atoms with van der Waals surface area (Å²) in [6, 6.07) is 0. The molecule has 0 aromatic carbocycles. The summed E-state index contributed by atoms with van der Waals surface area (Å²) < 4.78 is 2.03. The third kappa shape index (κ3) is 3.61. The van der Waals surface area contributed by atoms with Crippen LogP contribution >= 0.6 is 11.8 Å². The summed E-state index contributed by atoms with van der Waals surface area (Å²) in [5.74, 6) is 4.10. The minimum atomic E-state index is -0.0934. The Balaban J connectivity index is 1.97. The number of rotatable bonds is 7. The third-order valence-electron chi connectivity index (χ3n) is 2.72. The molecule has 1 N–H and O–H groups in total. The first-order valence-electron chi connectivity index (χ1n) is 6.13. The average Bonchev–Trinajstić information content (AvgIpc) is 3.18. The predicted octanol–water partition coefficient (Wildman–Crippen LogP) is 1.18. The van der Waals surface area contributed by atoms with Crippen LogP contribution in [0.2, 0.25) is 0 Å². The summed E-state index contributed by atoms with van der Waals surface area (Å²) in [4.78, 5) is 11.5. The number of hydrogen-bond acceptors (Lipinski definition) is 4. The van der Waals surface area contributed by atoms with Crippen LogP contribution in [0.5, 0.6) is 0 Å². The van der Waals surface area contributed by atoms with Crippen molar-refractivity contribution in [2.45, 2.75) is 30.5 Å². The fourth-order valence-corrected chi connectivity index (χ4v) is 2.47. The zero-order chi connectivity index (χ0) is 13.7. The van der Waals surface area contributed by atoms with Gasteiger partial charge in [-0.15, -0.1) is 23.2 Å². The SMILES string of the molecule is C#CCNC(=O)CSc1nnc(C2CC2)n1CC=C. The normalized spacial score (nSPS) is 13.8. The van der Waals surface area contributed by atoms with Gasteiger partial charge in [0.2, 0.25) is 5.91 Å². The first kappa shape index (κ1) is 13.7. The minimum Gasteiger partial charge on any atom is -0.344 e. The van der Waals surface area contributed by atoms with Gasteiger partial charge in [-0.05, 0) is 12.8 Å². The van der Waals surface area contributed by atoms with Gasteiger partial charge >= 0.3 is 0 Å². The molecule has 1 heterocycles. The first-order valence-corrected chi connectivity index (χ1v) is 7.11. The zero-order valence-corrected chi connectivity index (χ0v) is 11.4. The van der Waals surface area contributed by atoms with E-state index in [9.17, 15) is 4.79 Å². The van der Waals surface area contributed by atoms with Crippen LogP contribution in [0, 0.1) is 12.3 Å². The Bertz CT molecular complexity index is 513. The number of thioether (sulfide) groups is 1. The molecule has 0 unspecified atom stereocenters. The number of nitrogens with zero attached hydrogens (tertiary/aromatic N) is 3. The highest BCUT2D eigenvalue weighted by Gasteiger charge is 2.30. The summed E-state index contributed by atoms with van der Waals surface area (Å²) in [6.07, 6.45) is 9.24. The van der Waals surface area contributed by atoms with Crippen LogP contribution < -0.4 is 5.32 Å². The van der Waals surface area contributed by atoms with Crippen LogP contribution in [-0.2, 0) is 11.3 Å². The Labute approximate surface area is 116 Å². The zero-order valence-electron chi connectivity index (χ0n) is 10.6. The standard InChI is InChI=1S/C13H16N4OS/c1-3-7-14-11(18)9-19-13-16-15-12(10-5-6-10)17(13)8-4-2/h1,4,10H,2,5-9H2,(H,14,18). The number of carbonyl (C=O) groups excluding carboxylic acids is 1. The third-order valence-corrected chi connectivity index (χ3v) is 3.69. The second-order valence-electron chi connectivity index (χ2n) is 4.28. The summed E-state index contributed by atoms with van der Waals surface area (Å²) in [5, 5.41) is 11.8. The van der Waals surface area contributed by atoms with E-state index in [2.05, 4.69) is 28.0 Å². The fraction of sp³-hybridized carbons (Fsp3) is 0.462. The van der Waals surface area contributed by atoms with Crippen LogP contribution in [-0.4, -0.2) is 33.0 Å². The van der Waals surface area contributed by atoms with E-state index < -0.39 is 0 Å². The molecule has 1 aromatic rings. The molecule has 0 radical (unpaired) electrons. The molecule has 1 aliphatic rings. The molecule has 0 aliphatic heterocycles. The highest BCUT2D eigenvalue weighted by molar-refractivity contribution is 7.99. The van der Waals surface area contributed by atoms with Crippen molar-refractivity contribution in [3.63, 3.8) is 0 Å². The summed E-state index contributed by atoms with van der Waals surface area (Å²) in [7, 11) is 0. The number of hydrogen-bond donors (Lipinski definition) is 1. The number of nitrogens with one attached hydrogen (secondary N) is 1. The molecule has 0 atom stereocenters. The smallest absolute Gasteiger partial charge is 0.231 e. The van der Waals surface area contributed by atoms with Crippen LogP contribution in [0.25, 0.3) is 0 Å². The Hall–Kier alpha value is -1.74. The largest absolute Gasteiger partial charge is 0.344 e. The fourth-order valence-electron chi connectivity index (χ4n) is 1.68. The molecular formula is C13H16N4OS. The molecule has 19 heavy (non-hydrogen) atoms. The second-order valence-corrected chi connectivity index (χ2v) is 5.23. The molecule has 100 valence electrons. The van der Waals surface area contributed by atoms with Gasteiger partial charge in [0.15, 0.2) is 5.16 Å². The van der Waals surface area contributed by atoms with E-state index in [-0.39, 0.29) is 12.5 Å². The van der Waals surface area contributed by atoms with Crippen molar-refractivity contribution in [1.82, 2.24) is 20.1 Å². The Kier molecular flexibility index (Phi) is 4.63. The van der Waals surface area contributed by atoms with Gasteiger partial charge in [-0.3, -0.25) is 4.79 Å². The van der Waals surface area contributed by atoms with Crippen LogP contribution in [0.15, 0.2) is 17.8 Å². The van der Waals surface area contributed by atoms with Crippen molar-refractivity contribution in [1.29, 1.82) is 0 Å². The van der Waals surface area contributed by atoms with Gasteiger partial charge in [0.1, 0.15) is 5.82 Å². The lowest BCUT2D eigenvalue weighted by Crippen LogP contribution is -2.25. The minimum absolute atomic E-state index is 0.0934. The molecule has 6 heteroatoms. The molecule has 1 amide bonds. The molecule has 1 fully saturated rings. The number of amides is 1. The van der Waals surface area contributed by atoms with E-state index in [0.29, 0.717) is 18.2 Å². The Morgan fingerprint density at radius 1 is 1.63 bits per heavy atom. The van der Waals surface area contributed by atoms with Crippen molar-refractivity contribution in [2.24, 2.45) is 0 Å². The van der Waals surface area contributed by atoms with Crippen molar-refractivity contribution in [3.8, 4) is 12.3 Å². The van der Waals surface area contributed by atoms with Gasteiger partial charge in [0.25, 0.3) is 0 Å². The highest BCUT2D eigenvalue weighted by atomic mass is 32.2. The Morgan fingerprint density at radius 3 is 3.05 bits per heavy atom. The van der Waals surface area contributed by atoms with Gasteiger partial charge in [-0.25, -0.2) is 0 Å². The van der Waals surface area contributed by atoms with Crippen molar-refractivity contribution < 1.29 is 4.79 Å². The Morgan fingerprint density at radius 2 is 2.42 bits per heavy atom. The monoisotopic (exact) mass is 276 g/mol. The molecule has 1 saturated carbocycles. The summed E-state index contributed by atoms with van der Waals surface area (Å²) in [5.41, 5.74) is 0. The van der Waals surface area contributed by atoms with Gasteiger partial charge in [-0.1, -0.05) is 23.8 Å². The molecule has 1 aliphatic carbocycles.